The van der Waals surface area contributed by atoms with Crippen molar-refractivity contribution in [2.24, 2.45) is 0 Å². The number of nitrogens with zero attached hydrogens (tertiary/aromatic N) is 4. The van der Waals surface area contributed by atoms with Gasteiger partial charge in [0.1, 0.15) is 23.7 Å². The molecule has 0 aliphatic carbocycles. The number of anilines is 1. The number of Topliss-reactive ketones (excluding diaryl/α,β-unsaturated/α-hetero) is 1. The van der Waals surface area contributed by atoms with E-state index in [-0.39, 0.29) is 11.3 Å². The first kappa shape index (κ1) is 26.6. The van der Waals surface area contributed by atoms with Crippen molar-refractivity contribution in [3.05, 3.63) is 131 Å². The van der Waals surface area contributed by atoms with Crippen molar-refractivity contribution in [3.63, 3.8) is 0 Å². The number of carbonyl (C=O) groups is 2. The van der Waals surface area contributed by atoms with E-state index in [2.05, 4.69) is 4.98 Å². The second-order valence-corrected chi connectivity index (χ2v) is 11.5. The van der Waals surface area contributed by atoms with E-state index >= 15 is 0 Å². The molecule has 8 nitrogen and oxygen atoms in total. The van der Waals surface area contributed by atoms with Gasteiger partial charge in [-0.3, -0.25) is 18.9 Å². The minimum atomic E-state index is -0.918. The van der Waals surface area contributed by atoms with Gasteiger partial charge in [-0.15, -0.1) is 0 Å². The highest BCUT2D eigenvalue weighted by Gasteiger charge is 2.48. The third kappa shape index (κ3) is 4.64. The van der Waals surface area contributed by atoms with Gasteiger partial charge in [-0.05, 0) is 66.9 Å². The molecule has 1 aliphatic rings. The molecule has 1 N–H and O–H groups in total. The SMILES string of the molecule is Cc1ccc2nc(N3C(=O)C(=O)/C(=C(/O)c4c(C)nc5ccccn45)C3c3ccc(OCc4ccccc4)cc3)sc2c1. The fourth-order valence-electron chi connectivity index (χ4n) is 5.48. The Balaban J connectivity index is 1.36. The molecule has 4 heterocycles. The Bertz CT molecular complexity index is 2060. The molecule has 6 aromatic rings. The zero-order valence-corrected chi connectivity index (χ0v) is 24.2. The molecule has 3 aromatic heterocycles. The summed E-state index contributed by atoms with van der Waals surface area (Å²) in [6.45, 7) is 4.16. The number of carbonyl (C=O) groups excluding carboxylic acids is 2. The lowest BCUT2D eigenvalue weighted by atomic mass is 9.96. The molecule has 7 rings (SSSR count). The van der Waals surface area contributed by atoms with E-state index in [4.69, 9.17) is 9.72 Å². The first-order chi connectivity index (χ1) is 20.9. The van der Waals surface area contributed by atoms with Crippen LogP contribution >= 0.6 is 11.3 Å². The maximum absolute atomic E-state index is 13.8. The fraction of sp³-hybridized carbons (Fsp3) is 0.118. The number of fused-ring (bicyclic) bond motifs is 2. The van der Waals surface area contributed by atoms with Crippen molar-refractivity contribution in [1.29, 1.82) is 0 Å². The molecule has 43 heavy (non-hydrogen) atoms. The lowest BCUT2D eigenvalue weighted by Gasteiger charge is -2.23. The molecule has 1 fully saturated rings. The zero-order valence-electron chi connectivity index (χ0n) is 23.4. The van der Waals surface area contributed by atoms with Gasteiger partial charge >= 0.3 is 5.91 Å². The van der Waals surface area contributed by atoms with Crippen LogP contribution in [0.1, 0.15) is 34.1 Å². The number of aromatic nitrogens is 3. The fourth-order valence-corrected chi connectivity index (χ4v) is 6.57. The summed E-state index contributed by atoms with van der Waals surface area (Å²) >= 11 is 1.33. The summed E-state index contributed by atoms with van der Waals surface area (Å²) in [5.74, 6) is -1.19. The van der Waals surface area contributed by atoms with Crippen molar-refractivity contribution in [2.45, 2.75) is 26.5 Å². The molecule has 3 aromatic carbocycles. The van der Waals surface area contributed by atoms with Gasteiger partial charge in [-0.2, -0.15) is 0 Å². The van der Waals surface area contributed by atoms with Crippen LogP contribution in [-0.2, 0) is 16.2 Å². The quantitative estimate of drug-likeness (QED) is 0.132. The van der Waals surface area contributed by atoms with Gasteiger partial charge in [0.25, 0.3) is 5.78 Å². The van der Waals surface area contributed by atoms with Crippen LogP contribution in [0.25, 0.3) is 21.6 Å². The number of pyridine rings is 1. The minimum absolute atomic E-state index is 0.0212. The number of ether oxygens (including phenoxy) is 1. The number of benzene rings is 3. The summed E-state index contributed by atoms with van der Waals surface area (Å²) in [6.07, 6.45) is 1.77. The van der Waals surface area contributed by atoms with E-state index in [0.29, 0.717) is 40.1 Å². The number of aryl methyl sites for hydroxylation is 2. The van der Waals surface area contributed by atoms with Crippen LogP contribution in [0.3, 0.4) is 0 Å². The van der Waals surface area contributed by atoms with Crippen LogP contribution in [0.5, 0.6) is 5.75 Å². The Morgan fingerprint density at radius 2 is 1.70 bits per heavy atom. The highest BCUT2D eigenvalue weighted by atomic mass is 32.1. The number of ketones is 1. The maximum atomic E-state index is 13.8. The average Bonchev–Trinajstić information content (AvgIpc) is 3.67. The Hall–Kier alpha value is -5.28. The van der Waals surface area contributed by atoms with Gasteiger partial charge in [-0.25, -0.2) is 9.97 Å². The highest BCUT2D eigenvalue weighted by Crippen LogP contribution is 2.45. The van der Waals surface area contributed by atoms with E-state index in [9.17, 15) is 14.7 Å². The topological polar surface area (TPSA) is 97.0 Å². The van der Waals surface area contributed by atoms with Gasteiger partial charge < -0.3 is 9.84 Å². The molecule has 1 saturated heterocycles. The molecule has 1 unspecified atom stereocenters. The molecular weight excluding hydrogens is 560 g/mol. The average molecular weight is 587 g/mol. The Labute approximate surface area is 251 Å². The van der Waals surface area contributed by atoms with Gasteiger partial charge in [0, 0.05) is 6.20 Å². The minimum Gasteiger partial charge on any atom is -0.505 e. The molecule has 1 aliphatic heterocycles. The predicted molar refractivity (Wildman–Crippen MR) is 166 cm³/mol. The maximum Gasteiger partial charge on any atom is 0.301 e. The van der Waals surface area contributed by atoms with E-state index in [1.54, 1.807) is 29.7 Å². The zero-order chi connectivity index (χ0) is 29.7. The van der Waals surface area contributed by atoms with Gasteiger partial charge in [0.2, 0.25) is 0 Å². The van der Waals surface area contributed by atoms with Crippen LogP contribution in [0.4, 0.5) is 5.13 Å². The number of aliphatic hydroxyl groups is 1. The first-order valence-electron chi connectivity index (χ1n) is 13.8. The summed E-state index contributed by atoms with van der Waals surface area (Å²) in [5.41, 5.74) is 4.96. The van der Waals surface area contributed by atoms with Crippen molar-refractivity contribution >= 4 is 49.8 Å². The Morgan fingerprint density at radius 1 is 0.930 bits per heavy atom. The standard InChI is InChI=1S/C34H26N4O4S/c1-20-11-16-25-26(18-20)43-34(36-25)38-30(23-12-14-24(15-13-23)42-19-22-8-4-3-5-9-22)28(32(40)33(38)41)31(39)29-21(2)35-27-10-6-7-17-37(27)29/h3-18,30,39H,19H2,1-2H3/b31-28+. The molecule has 212 valence electrons. The molecule has 0 spiro atoms. The largest absolute Gasteiger partial charge is 0.505 e. The number of amides is 1. The van der Waals surface area contributed by atoms with Crippen molar-refractivity contribution < 1.29 is 19.4 Å². The van der Waals surface area contributed by atoms with Crippen LogP contribution in [-0.4, -0.2) is 31.2 Å². The number of imidazole rings is 1. The number of hydrogen-bond donors (Lipinski definition) is 1. The molecule has 0 saturated carbocycles. The third-order valence-corrected chi connectivity index (χ3v) is 8.57. The van der Waals surface area contributed by atoms with Crippen LogP contribution in [0, 0.1) is 13.8 Å². The summed E-state index contributed by atoms with van der Waals surface area (Å²) in [4.78, 5) is 38.2. The summed E-state index contributed by atoms with van der Waals surface area (Å²) in [6, 6.07) is 27.5. The molecule has 1 amide bonds. The smallest absolute Gasteiger partial charge is 0.301 e. The Kier molecular flexibility index (Phi) is 6.51. The molecule has 1 atom stereocenters. The van der Waals surface area contributed by atoms with Gasteiger partial charge in [0.15, 0.2) is 10.9 Å². The van der Waals surface area contributed by atoms with Crippen molar-refractivity contribution in [3.8, 4) is 5.75 Å². The summed E-state index contributed by atoms with van der Waals surface area (Å²) in [7, 11) is 0. The van der Waals surface area contributed by atoms with E-state index in [0.717, 1.165) is 21.3 Å². The number of hydrogen-bond acceptors (Lipinski definition) is 7. The van der Waals surface area contributed by atoms with E-state index < -0.39 is 17.7 Å². The predicted octanol–water partition coefficient (Wildman–Crippen LogP) is 6.77. The second-order valence-electron chi connectivity index (χ2n) is 10.5. The molecule has 9 heteroatoms. The van der Waals surface area contributed by atoms with Crippen molar-refractivity contribution in [1.82, 2.24) is 14.4 Å². The van der Waals surface area contributed by atoms with Crippen molar-refractivity contribution in [2.75, 3.05) is 4.90 Å². The third-order valence-electron chi connectivity index (χ3n) is 7.56. The van der Waals surface area contributed by atoms with Crippen LogP contribution in [0.15, 0.2) is 103 Å². The number of thiazole rings is 1. The molecule has 0 radical (unpaired) electrons. The summed E-state index contributed by atoms with van der Waals surface area (Å²) < 4.78 is 8.60. The lowest BCUT2D eigenvalue weighted by Crippen LogP contribution is -2.29. The van der Waals surface area contributed by atoms with Crippen LogP contribution < -0.4 is 9.64 Å². The second kappa shape index (κ2) is 10.5. The molecule has 0 bridgehead atoms. The summed E-state index contributed by atoms with van der Waals surface area (Å²) in [5, 5.41) is 12.2. The lowest BCUT2D eigenvalue weighted by molar-refractivity contribution is -0.132. The van der Waals surface area contributed by atoms with Gasteiger partial charge in [0.05, 0.1) is 27.5 Å². The highest BCUT2D eigenvalue weighted by molar-refractivity contribution is 7.22. The monoisotopic (exact) mass is 586 g/mol. The van der Waals surface area contributed by atoms with Crippen LogP contribution in [0.2, 0.25) is 0 Å². The molecular formula is C34H26N4O4S. The van der Waals surface area contributed by atoms with E-state index in [1.807, 2.05) is 85.8 Å². The Morgan fingerprint density at radius 3 is 2.49 bits per heavy atom. The van der Waals surface area contributed by atoms with E-state index in [1.165, 1.54) is 16.2 Å². The number of aliphatic hydroxyl groups excluding tert-OH is 1. The van der Waals surface area contributed by atoms with Gasteiger partial charge in [-0.1, -0.05) is 65.9 Å². The first-order valence-corrected chi connectivity index (χ1v) is 14.6. The normalized spacial score (nSPS) is 16.4. The number of rotatable bonds is 6.